The maximum Gasteiger partial charge on any atom is 0.433 e. The number of halogens is 8. The second kappa shape index (κ2) is 14.5. The molecule has 54 heavy (non-hydrogen) atoms. The Morgan fingerprint density at radius 1 is 1.04 bits per heavy atom. The number of aliphatic hydroxyl groups is 1. The fraction of sp³-hybridized carbons (Fsp3) is 0.432. The van der Waals surface area contributed by atoms with Crippen molar-refractivity contribution in [2.24, 2.45) is 11.8 Å². The van der Waals surface area contributed by atoms with Gasteiger partial charge >= 0.3 is 12.4 Å². The molecule has 1 aromatic heterocycles. The molecule has 1 aliphatic carbocycles. The number of Topliss-reactive ketones (excluding diaryl/α,β-unsaturated/α-hetero) is 2. The van der Waals surface area contributed by atoms with Crippen molar-refractivity contribution in [1.29, 1.82) is 5.41 Å². The third kappa shape index (κ3) is 7.10. The van der Waals surface area contributed by atoms with Gasteiger partial charge in [-0.15, -0.1) is 0 Å². The summed E-state index contributed by atoms with van der Waals surface area (Å²) in [5.74, 6) is -5.56. The number of allylic oxidation sites excluding steroid dienone is 1. The van der Waals surface area contributed by atoms with Crippen LogP contribution in [0.5, 0.6) is 5.75 Å². The van der Waals surface area contributed by atoms with Crippen LogP contribution in [0.25, 0.3) is 11.3 Å². The molecule has 2 aliphatic heterocycles. The van der Waals surface area contributed by atoms with Crippen LogP contribution in [0.1, 0.15) is 55.0 Å². The van der Waals surface area contributed by atoms with Gasteiger partial charge in [-0.3, -0.25) is 19.9 Å². The summed E-state index contributed by atoms with van der Waals surface area (Å²) in [4.78, 5) is 36.3. The van der Waals surface area contributed by atoms with Crippen LogP contribution in [0, 0.1) is 28.9 Å². The summed E-state index contributed by atoms with van der Waals surface area (Å²) in [6.07, 6.45) is -8.55. The number of carbonyl (C=O) groups is 2. The predicted molar refractivity (Wildman–Crippen MR) is 176 cm³/mol. The Morgan fingerprint density at radius 2 is 1.74 bits per heavy atom. The summed E-state index contributed by atoms with van der Waals surface area (Å²) in [7, 11) is 1.44. The third-order valence-electron chi connectivity index (χ3n) is 10.7. The van der Waals surface area contributed by atoms with Crippen LogP contribution >= 0.6 is 0 Å². The molecular weight excluding hydrogens is 732 g/mol. The molecule has 3 aliphatic rings. The number of ketones is 2. The fourth-order valence-corrected chi connectivity index (χ4v) is 6.98. The number of alkyl halides is 6. The Kier molecular flexibility index (Phi) is 10.4. The van der Waals surface area contributed by atoms with Gasteiger partial charge in [0.1, 0.15) is 23.3 Å². The quantitative estimate of drug-likeness (QED) is 0.0724. The molecule has 1 saturated carbocycles. The Balaban J connectivity index is 1.34. The number of ether oxygens (including phenoxy) is 2. The Labute approximate surface area is 303 Å². The summed E-state index contributed by atoms with van der Waals surface area (Å²) >= 11 is 0. The van der Waals surface area contributed by atoms with Crippen molar-refractivity contribution in [3.63, 3.8) is 0 Å². The monoisotopic (exact) mass is 766 g/mol. The van der Waals surface area contributed by atoms with Gasteiger partial charge < -0.3 is 14.6 Å². The highest BCUT2D eigenvalue weighted by Gasteiger charge is 2.58. The Bertz CT molecular complexity index is 2020. The van der Waals surface area contributed by atoms with Gasteiger partial charge in [0.05, 0.1) is 42.7 Å². The molecule has 2 saturated heterocycles. The van der Waals surface area contributed by atoms with Crippen molar-refractivity contribution in [1.82, 2.24) is 14.9 Å². The molecule has 3 aromatic rings. The number of carbonyl (C=O) groups excluding carboxylic acids is 2. The van der Waals surface area contributed by atoms with Crippen LogP contribution in [-0.4, -0.2) is 75.7 Å². The largest absolute Gasteiger partial charge is 0.505 e. The minimum Gasteiger partial charge on any atom is -0.505 e. The molecule has 288 valence electrons. The zero-order valence-corrected chi connectivity index (χ0v) is 28.9. The van der Waals surface area contributed by atoms with Crippen LogP contribution in [0.15, 0.2) is 54.1 Å². The first-order chi connectivity index (χ1) is 25.3. The van der Waals surface area contributed by atoms with Gasteiger partial charge in [-0.25, -0.2) is 14.4 Å². The molecule has 0 bridgehead atoms. The van der Waals surface area contributed by atoms with E-state index in [0.29, 0.717) is 62.6 Å². The summed E-state index contributed by atoms with van der Waals surface area (Å²) in [5, 5.41) is 20.2. The lowest BCUT2D eigenvalue weighted by Gasteiger charge is -2.53. The second-order valence-corrected chi connectivity index (χ2v) is 13.8. The van der Waals surface area contributed by atoms with Crippen LogP contribution < -0.4 is 4.74 Å². The molecule has 2 atom stereocenters. The molecule has 3 heterocycles. The molecule has 0 amide bonds. The third-order valence-corrected chi connectivity index (χ3v) is 10.7. The lowest BCUT2D eigenvalue weighted by Crippen LogP contribution is -2.68. The summed E-state index contributed by atoms with van der Waals surface area (Å²) in [6.45, 7) is 3.37. The minimum atomic E-state index is -5.02. The van der Waals surface area contributed by atoms with Crippen LogP contribution in [0.3, 0.4) is 0 Å². The van der Waals surface area contributed by atoms with Crippen molar-refractivity contribution in [2.45, 2.75) is 63.0 Å². The van der Waals surface area contributed by atoms with E-state index in [1.165, 1.54) is 24.1 Å². The highest BCUT2D eigenvalue weighted by molar-refractivity contribution is 6.31. The zero-order chi connectivity index (χ0) is 39.3. The smallest absolute Gasteiger partial charge is 0.433 e. The van der Waals surface area contributed by atoms with Crippen LogP contribution in [0.4, 0.5) is 35.1 Å². The number of benzene rings is 2. The van der Waals surface area contributed by atoms with Crippen molar-refractivity contribution < 1.29 is 59.3 Å². The fourth-order valence-electron chi connectivity index (χ4n) is 6.98. The Morgan fingerprint density at radius 3 is 2.33 bits per heavy atom. The van der Waals surface area contributed by atoms with Gasteiger partial charge in [0.15, 0.2) is 28.9 Å². The van der Waals surface area contributed by atoms with Gasteiger partial charge in [-0.05, 0) is 74.9 Å². The van der Waals surface area contributed by atoms with Gasteiger partial charge in [-0.2, -0.15) is 30.7 Å². The van der Waals surface area contributed by atoms with E-state index in [-0.39, 0.29) is 36.7 Å². The average Bonchev–Trinajstić information content (AvgIpc) is 3.06. The van der Waals surface area contributed by atoms with E-state index in [0.717, 1.165) is 0 Å². The maximum absolute atomic E-state index is 15.5. The number of hydrogen-bond acceptors (Lipinski definition) is 9. The molecule has 2 N–H and O–H groups in total. The highest BCUT2D eigenvalue weighted by Crippen LogP contribution is 2.46. The van der Waals surface area contributed by atoms with Crippen LogP contribution in [0.2, 0.25) is 0 Å². The van der Waals surface area contributed by atoms with Gasteiger partial charge in [0.2, 0.25) is 5.82 Å². The number of nitrogens with zero attached hydrogens (tertiary/aromatic N) is 3. The number of likely N-dealkylation sites (tertiary alicyclic amines) is 1. The van der Waals surface area contributed by atoms with Gasteiger partial charge in [0, 0.05) is 17.0 Å². The normalized spacial score (nSPS) is 20.7. The zero-order valence-electron chi connectivity index (χ0n) is 28.9. The van der Waals surface area contributed by atoms with E-state index in [9.17, 15) is 41.0 Å². The molecule has 9 nitrogen and oxygen atoms in total. The number of aliphatic hydroxyl groups excluding tert-OH is 1. The van der Waals surface area contributed by atoms with Crippen LogP contribution in [-0.2, 0) is 33.1 Å². The second-order valence-electron chi connectivity index (χ2n) is 13.8. The topological polar surface area (TPSA) is 126 Å². The van der Waals surface area contributed by atoms with E-state index >= 15 is 8.78 Å². The molecule has 6 rings (SSSR count). The van der Waals surface area contributed by atoms with Crippen molar-refractivity contribution in [3.05, 3.63) is 88.1 Å². The maximum atomic E-state index is 15.5. The average molecular weight is 767 g/mol. The number of likely N-dealkylation sites (N-methyl/N-ethyl adjacent to an activating group) is 1. The highest BCUT2D eigenvalue weighted by atomic mass is 19.4. The molecule has 0 radical (unpaired) electrons. The SMILES string of the molecule is CC(CCOc1ccc(CC2C(=O)C(=C(O)C(=N)c3ccc(C(F)(F)F)cc3-c3cc(C(F)(F)F)ncn3)C(=O)C3(CCC3)N2C)c(F)c1F)C1COC1. The number of nitrogens with one attached hydrogen (secondary N) is 1. The summed E-state index contributed by atoms with van der Waals surface area (Å²) < 4.78 is 123. The van der Waals surface area contributed by atoms with E-state index in [4.69, 9.17) is 14.9 Å². The number of aromatic nitrogens is 2. The standard InChI is InChI=1S/C37H34F8N4O5/c1-18(20-15-53-16-20)8-11-54-26-7-4-19(29(38)30(26)39)12-25-32(50)28(34(52)35(49(25)2)9-3-10-35)33(51)31(46)22-6-5-21(36(40,41)42)13-23(22)24-14-27(37(43,44)45)48-17-47-24/h4-7,13-14,17-18,20,25,46,51H,3,8-12,15-16H2,1-2H3. The molecule has 2 unspecified atom stereocenters. The number of rotatable bonds is 10. The Hall–Kier alpha value is -4.77. The predicted octanol–water partition coefficient (Wildman–Crippen LogP) is 7.31. The van der Waals surface area contributed by atoms with Crippen molar-refractivity contribution in [2.75, 3.05) is 26.9 Å². The first-order valence-corrected chi connectivity index (χ1v) is 17.0. The first-order valence-electron chi connectivity index (χ1n) is 17.0. The van der Waals surface area contributed by atoms with Crippen molar-refractivity contribution in [3.8, 4) is 17.0 Å². The van der Waals surface area contributed by atoms with Crippen molar-refractivity contribution >= 4 is 17.3 Å². The van der Waals surface area contributed by atoms with E-state index in [2.05, 4.69) is 9.97 Å². The molecule has 17 heteroatoms. The lowest BCUT2D eigenvalue weighted by molar-refractivity contribution is -0.146. The molecule has 2 aromatic carbocycles. The molecule has 3 fully saturated rings. The first kappa shape index (κ1) is 38.9. The van der Waals surface area contributed by atoms with Gasteiger partial charge in [0.25, 0.3) is 0 Å². The van der Waals surface area contributed by atoms with E-state index in [1.54, 1.807) is 0 Å². The van der Waals surface area contributed by atoms with Gasteiger partial charge in [-0.1, -0.05) is 19.1 Å². The molecule has 1 spiro atoms. The number of piperidine rings is 1. The summed E-state index contributed by atoms with van der Waals surface area (Å²) in [5.41, 5.74) is -8.37. The van der Waals surface area contributed by atoms with E-state index < -0.39 is 98.7 Å². The van der Waals surface area contributed by atoms with E-state index in [1.807, 2.05) is 6.92 Å². The molecular formula is C37H34F8N4O5. The summed E-state index contributed by atoms with van der Waals surface area (Å²) in [6, 6.07) is 3.08. The minimum absolute atomic E-state index is 0.114. The lowest BCUT2D eigenvalue weighted by atomic mass is 9.65. The number of hydrogen-bond donors (Lipinski definition) is 2.